The SMILES string of the molecule is CCNC(=O)[C@H](C)[NH+](C)Cc1cc(C)ccc1OC. The zero-order valence-corrected chi connectivity index (χ0v) is 12.5. The summed E-state index contributed by atoms with van der Waals surface area (Å²) in [6, 6.07) is 6.05. The van der Waals surface area contributed by atoms with Gasteiger partial charge in [-0.15, -0.1) is 0 Å². The number of carbonyl (C=O) groups is 1. The van der Waals surface area contributed by atoms with E-state index in [0.29, 0.717) is 6.54 Å². The minimum atomic E-state index is -0.0785. The molecule has 0 fully saturated rings. The van der Waals surface area contributed by atoms with Crippen molar-refractivity contribution in [3.8, 4) is 5.75 Å². The lowest BCUT2D eigenvalue weighted by atomic mass is 10.1. The number of ether oxygens (including phenoxy) is 1. The highest BCUT2D eigenvalue weighted by atomic mass is 16.5. The minimum absolute atomic E-state index is 0.0785. The number of aryl methyl sites for hydroxylation is 1. The number of methoxy groups -OCH3 is 1. The van der Waals surface area contributed by atoms with Crippen LogP contribution in [0.5, 0.6) is 5.75 Å². The van der Waals surface area contributed by atoms with Gasteiger partial charge in [0.05, 0.1) is 14.2 Å². The lowest BCUT2D eigenvalue weighted by Crippen LogP contribution is -3.12. The monoisotopic (exact) mass is 265 g/mol. The van der Waals surface area contributed by atoms with E-state index in [1.165, 1.54) is 5.56 Å². The fourth-order valence-corrected chi connectivity index (χ4v) is 2.05. The van der Waals surface area contributed by atoms with Crippen LogP contribution in [0.25, 0.3) is 0 Å². The summed E-state index contributed by atoms with van der Waals surface area (Å²) in [6.45, 7) is 7.38. The zero-order chi connectivity index (χ0) is 14.4. The number of benzene rings is 1. The Morgan fingerprint density at radius 3 is 2.74 bits per heavy atom. The van der Waals surface area contributed by atoms with Crippen molar-refractivity contribution in [1.82, 2.24) is 5.32 Å². The zero-order valence-electron chi connectivity index (χ0n) is 12.5. The molecule has 0 aliphatic rings. The molecule has 2 N–H and O–H groups in total. The van der Waals surface area contributed by atoms with Crippen LogP contribution in [0.15, 0.2) is 18.2 Å². The van der Waals surface area contributed by atoms with Crippen LogP contribution in [0.1, 0.15) is 25.0 Å². The van der Waals surface area contributed by atoms with E-state index in [1.807, 2.05) is 33.0 Å². The Hall–Kier alpha value is -1.55. The molecular weight excluding hydrogens is 240 g/mol. The van der Waals surface area contributed by atoms with Crippen molar-refractivity contribution < 1.29 is 14.4 Å². The molecule has 19 heavy (non-hydrogen) atoms. The van der Waals surface area contributed by atoms with Crippen molar-refractivity contribution in [3.05, 3.63) is 29.3 Å². The molecule has 0 saturated carbocycles. The lowest BCUT2D eigenvalue weighted by Gasteiger charge is -2.22. The Kier molecular flexibility index (Phi) is 5.83. The molecule has 106 valence electrons. The van der Waals surface area contributed by atoms with Crippen LogP contribution >= 0.6 is 0 Å². The van der Waals surface area contributed by atoms with E-state index >= 15 is 0 Å². The Labute approximate surface area is 115 Å². The molecule has 1 rings (SSSR count). The maximum atomic E-state index is 11.8. The quantitative estimate of drug-likeness (QED) is 0.788. The lowest BCUT2D eigenvalue weighted by molar-refractivity contribution is -0.908. The van der Waals surface area contributed by atoms with Gasteiger partial charge >= 0.3 is 0 Å². The Morgan fingerprint density at radius 1 is 1.47 bits per heavy atom. The predicted octanol–water partition coefficient (Wildman–Crippen LogP) is 0.543. The van der Waals surface area contributed by atoms with Gasteiger partial charge in [0.2, 0.25) is 0 Å². The molecule has 0 bridgehead atoms. The second-order valence-corrected chi connectivity index (χ2v) is 4.95. The number of likely N-dealkylation sites (N-methyl/N-ethyl adjacent to an activating group) is 2. The predicted molar refractivity (Wildman–Crippen MR) is 76.5 cm³/mol. The smallest absolute Gasteiger partial charge is 0.278 e. The van der Waals surface area contributed by atoms with E-state index < -0.39 is 0 Å². The largest absolute Gasteiger partial charge is 0.496 e. The Balaban J connectivity index is 2.78. The molecule has 0 aromatic heterocycles. The molecule has 0 aliphatic carbocycles. The summed E-state index contributed by atoms with van der Waals surface area (Å²) in [5, 5.41) is 2.86. The van der Waals surface area contributed by atoms with Gasteiger partial charge in [0, 0.05) is 12.1 Å². The first-order valence-electron chi connectivity index (χ1n) is 6.73. The Bertz CT molecular complexity index is 432. The number of rotatable bonds is 6. The summed E-state index contributed by atoms with van der Waals surface area (Å²) in [7, 11) is 3.71. The molecule has 0 saturated heterocycles. The molecule has 1 unspecified atom stereocenters. The first-order valence-corrected chi connectivity index (χ1v) is 6.73. The minimum Gasteiger partial charge on any atom is -0.496 e. The molecular formula is C15H25N2O2+. The highest BCUT2D eigenvalue weighted by Crippen LogP contribution is 2.18. The van der Waals surface area contributed by atoms with E-state index in [1.54, 1.807) is 7.11 Å². The van der Waals surface area contributed by atoms with Gasteiger partial charge in [-0.3, -0.25) is 4.79 Å². The molecule has 0 heterocycles. The van der Waals surface area contributed by atoms with Gasteiger partial charge in [-0.1, -0.05) is 11.6 Å². The van der Waals surface area contributed by atoms with Gasteiger partial charge in [-0.25, -0.2) is 0 Å². The average molecular weight is 265 g/mol. The number of hydrogen-bond acceptors (Lipinski definition) is 2. The standard InChI is InChI=1S/C15H24N2O2/c1-6-16-15(18)12(3)17(4)10-13-9-11(2)7-8-14(13)19-5/h7-9,12H,6,10H2,1-5H3,(H,16,18)/p+1/t12-/m0/s1. The van der Waals surface area contributed by atoms with E-state index in [9.17, 15) is 4.79 Å². The first kappa shape index (κ1) is 15.5. The van der Waals surface area contributed by atoms with Crippen LogP contribution < -0.4 is 15.0 Å². The van der Waals surface area contributed by atoms with Gasteiger partial charge in [0.25, 0.3) is 5.91 Å². The number of amides is 1. The fourth-order valence-electron chi connectivity index (χ4n) is 2.05. The van der Waals surface area contributed by atoms with Gasteiger partial charge in [-0.05, 0) is 32.9 Å². The number of hydrogen-bond donors (Lipinski definition) is 2. The maximum Gasteiger partial charge on any atom is 0.278 e. The van der Waals surface area contributed by atoms with E-state index in [4.69, 9.17) is 4.74 Å². The Morgan fingerprint density at radius 2 is 2.16 bits per heavy atom. The van der Waals surface area contributed by atoms with E-state index in [2.05, 4.69) is 18.3 Å². The van der Waals surface area contributed by atoms with Crippen molar-refractivity contribution in [2.75, 3.05) is 20.7 Å². The molecule has 0 aliphatic heterocycles. The van der Waals surface area contributed by atoms with Crippen molar-refractivity contribution >= 4 is 5.91 Å². The van der Waals surface area contributed by atoms with Crippen molar-refractivity contribution in [2.24, 2.45) is 0 Å². The third kappa shape index (κ3) is 4.24. The normalized spacial score (nSPS) is 13.7. The van der Waals surface area contributed by atoms with E-state index in [0.717, 1.165) is 22.8 Å². The summed E-state index contributed by atoms with van der Waals surface area (Å²) in [6.07, 6.45) is 0. The van der Waals surface area contributed by atoms with Gasteiger partial charge in [-0.2, -0.15) is 0 Å². The highest BCUT2D eigenvalue weighted by Gasteiger charge is 2.22. The molecule has 0 radical (unpaired) electrons. The van der Waals surface area contributed by atoms with E-state index in [-0.39, 0.29) is 11.9 Å². The van der Waals surface area contributed by atoms with Gasteiger partial charge in [0.1, 0.15) is 12.3 Å². The summed E-state index contributed by atoms with van der Waals surface area (Å²) >= 11 is 0. The van der Waals surface area contributed by atoms with Crippen LogP contribution in [0.3, 0.4) is 0 Å². The van der Waals surface area contributed by atoms with Crippen LogP contribution in [0.4, 0.5) is 0 Å². The van der Waals surface area contributed by atoms with Gasteiger partial charge in [0.15, 0.2) is 6.04 Å². The first-order chi connectivity index (χ1) is 8.99. The average Bonchev–Trinajstić information content (AvgIpc) is 2.38. The second kappa shape index (κ2) is 7.14. The summed E-state index contributed by atoms with van der Waals surface area (Å²) in [4.78, 5) is 13.0. The van der Waals surface area contributed by atoms with Crippen LogP contribution in [-0.2, 0) is 11.3 Å². The van der Waals surface area contributed by atoms with Crippen LogP contribution in [0, 0.1) is 6.92 Å². The van der Waals surface area contributed by atoms with Crippen LogP contribution in [0.2, 0.25) is 0 Å². The van der Waals surface area contributed by atoms with Crippen molar-refractivity contribution in [2.45, 2.75) is 33.4 Å². The van der Waals surface area contributed by atoms with Gasteiger partial charge < -0.3 is 15.0 Å². The molecule has 4 nitrogen and oxygen atoms in total. The second-order valence-electron chi connectivity index (χ2n) is 4.95. The topological polar surface area (TPSA) is 42.8 Å². The number of quaternary nitrogens is 1. The highest BCUT2D eigenvalue weighted by molar-refractivity contribution is 5.79. The summed E-state index contributed by atoms with van der Waals surface area (Å²) in [5.41, 5.74) is 2.34. The fraction of sp³-hybridized carbons (Fsp3) is 0.533. The molecule has 0 spiro atoms. The third-order valence-corrected chi connectivity index (χ3v) is 3.39. The molecule has 2 atom stereocenters. The summed E-state index contributed by atoms with van der Waals surface area (Å²) < 4.78 is 5.38. The molecule has 4 heteroatoms. The maximum absolute atomic E-state index is 11.8. The molecule has 1 aromatic carbocycles. The number of nitrogens with one attached hydrogen (secondary N) is 2. The van der Waals surface area contributed by atoms with Crippen LogP contribution in [-0.4, -0.2) is 32.7 Å². The van der Waals surface area contributed by atoms with Crippen molar-refractivity contribution in [3.63, 3.8) is 0 Å². The molecule has 1 amide bonds. The number of carbonyl (C=O) groups excluding carboxylic acids is 1. The molecule has 1 aromatic rings. The third-order valence-electron chi connectivity index (χ3n) is 3.39. The van der Waals surface area contributed by atoms with Crippen molar-refractivity contribution in [1.29, 1.82) is 0 Å². The summed E-state index contributed by atoms with van der Waals surface area (Å²) in [5.74, 6) is 0.972.